The summed E-state index contributed by atoms with van der Waals surface area (Å²) in [7, 11) is 0. The lowest BCUT2D eigenvalue weighted by Crippen LogP contribution is -2.07. The monoisotopic (exact) mass is 300 g/mol. The number of pyridine rings is 1. The van der Waals surface area contributed by atoms with E-state index in [1.54, 1.807) is 23.3 Å². The summed E-state index contributed by atoms with van der Waals surface area (Å²) in [5.41, 5.74) is 2.96. The molecule has 0 amide bonds. The van der Waals surface area contributed by atoms with E-state index in [4.69, 9.17) is 11.6 Å². The molecule has 2 heterocycles. The largest absolute Gasteiger partial charge is 0.377 e. The van der Waals surface area contributed by atoms with Crippen LogP contribution >= 0.6 is 11.6 Å². The fourth-order valence-electron chi connectivity index (χ4n) is 2.01. The smallest absolute Gasteiger partial charge is 0.143 e. The van der Waals surface area contributed by atoms with Crippen molar-refractivity contribution < 1.29 is 0 Å². The molecule has 6 nitrogen and oxygen atoms in total. The van der Waals surface area contributed by atoms with Crippen LogP contribution in [0.4, 0.5) is 5.69 Å². The maximum absolute atomic E-state index is 5.78. The molecule has 3 rings (SSSR count). The molecular formula is C14H13ClN6. The minimum atomic E-state index is 0.115. The molecule has 2 aromatic heterocycles. The second-order valence-corrected chi connectivity index (χ2v) is 4.97. The van der Waals surface area contributed by atoms with Crippen LogP contribution in [0.3, 0.4) is 0 Å². The zero-order valence-corrected chi connectivity index (χ0v) is 12.1. The van der Waals surface area contributed by atoms with Gasteiger partial charge in [0.25, 0.3) is 0 Å². The van der Waals surface area contributed by atoms with Crippen molar-refractivity contribution in [3.8, 4) is 5.69 Å². The SMILES string of the molecule is CC(Nc1ccc(Cl)nc1)c1cccc(-n2cnnn2)c1. The zero-order chi connectivity index (χ0) is 14.7. The van der Waals surface area contributed by atoms with Crippen molar-refractivity contribution in [3.63, 3.8) is 0 Å². The molecule has 1 N–H and O–H groups in total. The number of hydrogen-bond acceptors (Lipinski definition) is 5. The summed E-state index contributed by atoms with van der Waals surface area (Å²) in [6.45, 7) is 2.08. The molecule has 0 aliphatic heterocycles. The molecule has 0 aliphatic rings. The summed E-state index contributed by atoms with van der Waals surface area (Å²) in [5, 5.41) is 15.0. The number of anilines is 1. The first-order valence-electron chi connectivity index (χ1n) is 6.44. The number of rotatable bonds is 4. The van der Waals surface area contributed by atoms with Crippen LogP contribution in [0.15, 0.2) is 48.9 Å². The van der Waals surface area contributed by atoms with Crippen LogP contribution in [-0.4, -0.2) is 25.2 Å². The summed E-state index contributed by atoms with van der Waals surface area (Å²) < 4.78 is 1.63. The molecule has 0 spiro atoms. The number of nitrogens with one attached hydrogen (secondary N) is 1. The van der Waals surface area contributed by atoms with Crippen molar-refractivity contribution in [1.29, 1.82) is 0 Å². The van der Waals surface area contributed by atoms with E-state index in [0.717, 1.165) is 16.9 Å². The quantitative estimate of drug-likeness (QED) is 0.750. The van der Waals surface area contributed by atoms with E-state index < -0.39 is 0 Å². The number of tetrazole rings is 1. The van der Waals surface area contributed by atoms with Gasteiger partial charge in [-0.3, -0.25) is 0 Å². The average Bonchev–Trinajstić information content (AvgIpc) is 3.04. The number of hydrogen-bond donors (Lipinski definition) is 1. The number of halogens is 1. The Hall–Kier alpha value is -2.47. The molecule has 1 aromatic carbocycles. The van der Waals surface area contributed by atoms with Crippen LogP contribution in [0.2, 0.25) is 5.15 Å². The maximum atomic E-state index is 5.78. The molecule has 3 aromatic rings. The highest BCUT2D eigenvalue weighted by Gasteiger charge is 2.07. The average molecular weight is 301 g/mol. The van der Waals surface area contributed by atoms with Gasteiger partial charge in [0.15, 0.2) is 0 Å². The third kappa shape index (κ3) is 3.17. The molecule has 0 radical (unpaired) electrons. The fraction of sp³-hybridized carbons (Fsp3) is 0.143. The topological polar surface area (TPSA) is 68.5 Å². The second kappa shape index (κ2) is 5.88. The first-order chi connectivity index (χ1) is 10.2. The molecule has 7 heteroatoms. The lowest BCUT2D eigenvalue weighted by Gasteiger charge is -2.16. The Kier molecular flexibility index (Phi) is 3.79. The molecule has 106 valence electrons. The third-order valence-corrected chi connectivity index (χ3v) is 3.32. The normalized spacial score (nSPS) is 12.1. The Balaban J connectivity index is 1.80. The van der Waals surface area contributed by atoms with Crippen LogP contribution in [0.1, 0.15) is 18.5 Å². The third-order valence-electron chi connectivity index (χ3n) is 3.09. The number of aromatic nitrogens is 5. The highest BCUT2D eigenvalue weighted by Crippen LogP contribution is 2.21. The summed E-state index contributed by atoms with van der Waals surface area (Å²) in [5.74, 6) is 0. The molecule has 0 fully saturated rings. The fourth-order valence-corrected chi connectivity index (χ4v) is 2.12. The van der Waals surface area contributed by atoms with Gasteiger partial charge in [-0.1, -0.05) is 23.7 Å². The van der Waals surface area contributed by atoms with Crippen molar-refractivity contribution >= 4 is 17.3 Å². The van der Waals surface area contributed by atoms with Crippen molar-refractivity contribution in [1.82, 2.24) is 25.2 Å². The second-order valence-electron chi connectivity index (χ2n) is 4.59. The van der Waals surface area contributed by atoms with Crippen LogP contribution in [0, 0.1) is 0 Å². The Morgan fingerprint density at radius 1 is 1.24 bits per heavy atom. The number of benzene rings is 1. The van der Waals surface area contributed by atoms with Crippen LogP contribution in [0.25, 0.3) is 5.69 Å². The van der Waals surface area contributed by atoms with E-state index in [0.29, 0.717) is 5.15 Å². The Bertz CT molecular complexity index is 711. The minimum Gasteiger partial charge on any atom is -0.377 e. The molecule has 1 atom stereocenters. The highest BCUT2D eigenvalue weighted by atomic mass is 35.5. The van der Waals surface area contributed by atoms with Crippen molar-refractivity contribution in [2.24, 2.45) is 0 Å². The van der Waals surface area contributed by atoms with E-state index in [1.807, 2.05) is 24.3 Å². The molecule has 0 bridgehead atoms. The van der Waals surface area contributed by atoms with Crippen LogP contribution in [0.5, 0.6) is 0 Å². The van der Waals surface area contributed by atoms with Gasteiger partial charge >= 0.3 is 0 Å². The Labute approximate surface area is 126 Å². The van der Waals surface area contributed by atoms with Crippen molar-refractivity contribution in [2.75, 3.05) is 5.32 Å². The summed E-state index contributed by atoms with van der Waals surface area (Å²) in [4.78, 5) is 4.06. The van der Waals surface area contributed by atoms with Crippen molar-refractivity contribution in [3.05, 3.63) is 59.6 Å². The van der Waals surface area contributed by atoms with E-state index in [9.17, 15) is 0 Å². The van der Waals surface area contributed by atoms with Crippen molar-refractivity contribution in [2.45, 2.75) is 13.0 Å². The predicted molar refractivity (Wildman–Crippen MR) is 80.4 cm³/mol. The van der Waals surface area contributed by atoms with E-state index in [2.05, 4.69) is 38.8 Å². The Morgan fingerprint density at radius 3 is 2.86 bits per heavy atom. The van der Waals surface area contributed by atoms with Gasteiger partial charge in [0.1, 0.15) is 11.5 Å². The molecular weight excluding hydrogens is 288 g/mol. The standard InChI is InChI=1S/C14H13ClN6/c1-10(18-12-5-6-14(15)16-8-12)11-3-2-4-13(7-11)21-9-17-19-20-21/h2-10,18H,1H3. The zero-order valence-electron chi connectivity index (χ0n) is 11.3. The molecule has 0 saturated carbocycles. The maximum Gasteiger partial charge on any atom is 0.143 e. The van der Waals surface area contributed by atoms with Gasteiger partial charge in [-0.05, 0) is 47.2 Å². The highest BCUT2D eigenvalue weighted by molar-refractivity contribution is 6.29. The van der Waals surface area contributed by atoms with Gasteiger partial charge in [0, 0.05) is 6.04 Å². The van der Waals surface area contributed by atoms with Gasteiger partial charge in [0.05, 0.1) is 17.6 Å². The summed E-state index contributed by atoms with van der Waals surface area (Å²) in [6.07, 6.45) is 3.28. The lowest BCUT2D eigenvalue weighted by atomic mass is 10.1. The van der Waals surface area contributed by atoms with Crippen LogP contribution in [-0.2, 0) is 0 Å². The minimum absolute atomic E-state index is 0.115. The first-order valence-corrected chi connectivity index (χ1v) is 6.81. The molecule has 1 unspecified atom stereocenters. The van der Waals surface area contributed by atoms with Gasteiger partial charge in [-0.25, -0.2) is 9.67 Å². The van der Waals surface area contributed by atoms with Gasteiger partial charge in [0.2, 0.25) is 0 Å². The Morgan fingerprint density at radius 2 is 2.14 bits per heavy atom. The summed E-state index contributed by atoms with van der Waals surface area (Å²) >= 11 is 5.78. The summed E-state index contributed by atoms with van der Waals surface area (Å²) in [6, 6.07) is 11.8. The first kappa shape index (κ1) is 13.5. The predicted octanol–water partition coefficient (Wildman–Crippen LogP) is 2.88. The van der Waals surface area contributed by atoms with Gasteiger partial charge < -0.3 is 5.32 Å². The van der Waals surface area contributed by atoms with E-state index in [-0.39, 0.29) is 6.04 Å². The molecule has 0 saturated heterocycles. The van der Waals surface area contributed by atoms with E-state index >= 15 is 0 Å². The van der Waals surface area contributed by atoms with Gasteiger partial charge in [-0.2, -0.15) is 0 Å². The number of nitrogens with zero attached hydrogens (tertiary/aromatic N) is 5. The van der Waals surface area contributed by atoms with Gasteiger partial charge in [-0.15, -0.1) is 5.10 Å². The van der Waals surface area contributed by atoms with Crippen LogP contribution < -0.4 is 5.32 Å². The van der Waals surface area contributed by atoms with E-state index in [1.165, 1.54) is 0 Å². The lowest BCUT2D eigenvalue weighted by molar-refractivity contribution is 0.785. The molecule has 21 heavy (non-hydrogen) atoms. The molecule has 0 aliphatic carbocycles.